The van der Waals surface area contributed by atoms with Crippen LogP contribution in [0.4, 0.5) is 0 Å². The summed E-state index contributed by atoms with van der Waals surface area (Å²) in [5.74, 6) is -0.294. The van der Waals surface area contributed by atoms with Crippen molar-refractivity contribution in [1.29, 1.82) is 0 Å². The third-order valence-electron chi connectivity index (χ3n) is 4.55. The molecule has 28 heavy (non-hydrogen) atoms. The van der Waals surface area contributed by atoms with Crippen LogP contribution in [0.1, 0.15) is 16.1 Å². The molecule has 2 aromatic carbocycles. The Balaban J connectivity index is 1.76. The minimum Gasteiger partial charge on any atom is -0.383 e. The summed E-state index contributed by atoms with van der Waals surface area (Å²) in [6.07, 6.45) is 1.58. The number of carbonyl (C=O) groups excluding carboxylic acids is 1. The van der Waals surface area contributed by atoms with E-state index in [-0.39, 0.29) is 5.91 Å². The van der Waals surface area contributed by atoms with Gasteiger partial charge in [0.2, 0.25) is 0 Å². The molecule has 6 nitrogen and oxygen atoms in total. The number of hydrogen-bond donors (Lipinski definition) is 0. The monoisotopic (exact) mass is 392 g/mol. The van der Waals surface area contributed by atoms with Crippen LogP contribution in [0.5, 0.6) is 0 Å². The van der Waals surface area contributed by atoms with Crippen molar-refractivity contribution in [3.63, 3.8) is 0 Å². The lowest BCUT2D eigenvalue weighted by molar-refractivity contribution is 0.0996. The highest BCUT2D eigenvalue weighted by molar-refractivity contribution is 7.16. The van der Waals surface area contributed by atoms with E-state index in [0.717, 1.165) is 21.6 Å². The highest BCUT2D eigenvalue weighted by atomic mass is 32.1. The van der Waals surface area contributed by atoms with E-state index >= 15 is 0 Å². The molecule has 0 radical (unpaired) electrons. The Kier molecular flexibility index (Phi) is 5.18. The van der Waals surface area contributed by atoms with Crippen LogP contribution in [0.15, 0.2) is 65.8 Å². The van der Waals surface area contributed by atoms with Crippen LogP contribution in [-0.2, 0) is 11.3 Å². The lowest BCUT2D eigenvalue weighted by atomic mass is 10.2. The lowest BCUT2D eigenvalue weighted by Crippen LogP contribution is -2.19. The minimum atomic E-state index is -0.294. The van der Waals surface area contributed by atoms with Crippen LogP contribution >= 0.6 is 11.3 Å². The second-order valence-electron chi connectivity index (χ2n) is 6.30. The summed E-state index contributed by atoms with van der Waals surface area (Å²) in [6, 6.07) is 17.8. The Labute approximate surface area is 166 Å². The SMILES string of the molecule is COCCn1c(=NC(=O)c2cnn(-c3ccccc3)c2C)sc2ccccc21. The molecule has 0 unspecified atom stereocenters. The predicted molar refractivity (Wildman–Crippen MR) is 110 cm³/mol. The van der Waals surface area contributed by atoms with Gasteiger partial charge in [-0.1, -0.05) is 41.7 Å². The maximum absolute atomic E-state index is 12.9. The Morgan fingerprint density at radius 2 is 1.89 bits per heavy atom. The van der Waals surface area contributed by atoms with Crippen molar-refractivity contribution in [3.8, 4) is 5.69 Å². The van der Waals surface area contributed by atoms with Crippen molar-refractivity contribution < 1.29 is 9.53 Å². The van der Waals surface area contributed by atoms with Crippen molar-refractivity contribution in [2.24, 2.45) is 4.99 Å². The minimum absolute atomic E-state index is 0.294. The fourth-order valence-corrected chi connectivity index (χ4v) is 4.16. The maximum Gasteiger partial charge on any atom is 0.283 e. The highest BCUT2D eigenvalue weighted by Gasteiger charge is 2.15. The van der Waals surface area contributed by atoms with Crippen LogP contribution in [0.2, 0.25) is 0 Å². The first-order valence-electron chi connectivity index (χ1n) is 8.95. The number of thiazole rings is 1. The standard InChI is InChI=1S/C21H20N4O2S/c1-15-17(14-22-25(15)16-8-4-3-5-9-16)20(26)23-21-24(12-13-27-2)18-10-6-7-11-19(18)28-21/h3-11,14H,12-13H2,1-2H3. The number of para-hydroxylation sites is 2. The Hall–Kier alpha value is -3.03. The number of rotatable bonds is 5. The molecule has 0 fully saturated rings. The summed E-state index contributed by atoms with van der Waals surface area (Å²) in [6.45, 7) is 3.06. The number of carbonyl (C=O) groups is 1. The first kappa shape index (κ1) is 18.3. The summed E-state index contributed by atoms with van der Waals surface area (Å²) in [4.78, 5) is 18.0. The van der Waals surface area contributed by atoms with Crippen molar-refractivity contribution in [3.05, 3.63) is 76.9 Å². The molecule has 0 N–H and O–H groups in total. The molecule has 4 aromatic rings. The van der Waals surface area contributed by atoms with Crippen LogP contribution < -0.4 is 4.80 Å². The topological polar surface area (TPSA) is 61.4 Å². The molecule has 0 aliphatic rings. The van der Waals surface area contributed by atoms with Gasteiger partial charge >= 0.3 is 0 Å². The van der Waals surface area contributed by atoms with Crippen LogP contribution in [0.25, 0.3) is 15.9 Å². The van der Waals surface area contributed by atoms with Gasteiger partial charge in [0.15, 0.2) is 4.80 Å². The third kappa shape index (κ3) is 3.42. The van der Waals surface area contributed by atoms with E-state index in [2.05, 4.69) is 10.1 Å². The van der Waals surface area contributed by atoms with E-state index < -0.39 is 0 Å². The number of hydrogen-bond acceptors (Lipinski definition) is 4. The van der Waals surface area contributed by atoms with Gasteiger partial charge in [0, 0.05) is 13.7 Å². The predicted octanol–water partition coefficient (Wildman–Crippen LogP) is 3.58. The summed E-state index contributed by atoms with van der Waals surface area (Å²) in [7, 11) is 1.67. The third-order valence-corrected chi connectivity index (χ3v) is 5.60. The zero-order valence-corrected chi connectivity index (χ0v) is 16.5. The second-order valence-corrected chi connectivity index (χ2v) is 7.31. The summed E-state index contributed by atoms with van der Waals surface area (Å²) >= 11 is 1.50. The molecule has 0 saturated heterocycles. The lowest BCUT2D eigenvalue weighted by Gasteiger charge is -2.04. The van der Waals surface area contributed by atoms with Gasteiger partial charge in [-0.2, -0.15) is 10.1 Å². The van der Waals surface area contributed by atoms with Crippen LogP contribution in [0, 0.1) is 6.92 Å². The summed E-state index contributed by atoms with van der Waals surface area (Å²) in [5, 5.41) is 4.38. The number of fused-ring (bicyclic) bond motifs is 1. The molecule has 0 spiro atoms. The molecule has 1 amide bonds. The summed E-state index contributed by atoms with van der Waals surface area (Å²) in [5.41, 5.74) is 3.23. The van der Waals surface area contributed by atoms with Crippen molar-refractivity contribution in [1.82, 2.24) is 14.3 Å². The maximum atomic E-state index is 12.9. The summed E-state index contributed by atoms with van der Waals surface area (Å²) < 4.78 is 10.1. The molecule has 0 atom stereocenters. The van der Waals surface area contributed by atoms with E-state index in [0.29, 0.717) is 23.5 Å². The molecule has 2 heterocycles. The first-order valence-corrected chi connectivity index (χ1v) is 9.77. The van der Waals surface area contributed by atoms with E-state index in [1.807, 2.05) is 66.1 Å². The van der Waals surface area contributed by atoms with Gasteiger partial charge in [-0.3, -0.25) is 4.79 Å². The Morgan fingerprint density at radius 3 is 2.68 bits per heavy atom. The van der Waals surface area contributed by atoms with Gasteiger partial charge in [0.1, 0.15) is 0 Å². The molecule has 7 heteroatoms. The van der Waals surface area contributed by atoms with Gasteiger partial charge in [0.25, 0.3) is 5.91 Å². The molecule has 0 bridgehead atoms. The van der Waals surface area contributed by atoms with Gasteiger partial charge in [-0.05, 0) is 31.2 Å². The average molecular weight is 392 g/mol. The molecule has 4 rings (SSSR count). The molecule has 0 aliphatic heterocycles. The number of ether oxygens (including phenoxy) is 1. The van der Waals surface area contributed by atoms with E-state index in [9.17, 15) is 4.79 Å². The number of aromatic nitrogens is 3. The number of amides is 1. The number of nitrogens with zero attached hydrogens (tertiary/aromatic N) is 4. The Bertz CT molecular complexity index is 1190. The second kappa shape index (κ2) is 7.92. The first-order chi connectivity index (χ1) is 13.7. The zero-order valence-electron chi connectivity index (χ0n) is 15.7. The van der Waals surface area contributed by atoms with Crippen LogP contribution in [0.3, 0.4) is 0 Å². The molecule has 142 valence electrons. The molecular weight excluding hydrogens is 372 g/mol. The van der Waals surface area contributed by atoms with E-state index in [1.165, 1.54) is 11.3 Å². The normalized spacial score (nSPS) is 12.0. The fourth-order valence-electron chi connectivity index (χ4n) is 3.10. The molecule has 0 saturated carbocycles. The van der Waals surface area contributed by atoms with Crippen molar-refractivity contribution in [2.75, 3.05) is 13.7 Å². The van der Waals surface area contributed by atoms with E-state index in [4.69, 9.17) is 4.74 Å². The zero-order chi connectivity index (χ0) is 19.5. The quantitative estimate of drug-likeness (QED) is 0.521. The van der Waals surface area contributed by atoms with Gasteiger partial charge in [-0.25, -0.2) is 4.68 Å². The van der Waals surface area contributed by atoms with E-state index in [1.54, 1.807) is 18.0 Å². The molecule has 0 aliphatic carbocycles. The van der Waals surface area contributed by atoms with Gasteiger partial charge in [-0.15, -0.1) is 0 Å². The number of methoxy groups -OCH3 is 1. The van der Waals surface area contributed by atoms with Gasteiger partial charge in [0.05, 0.1) is 40.0 Å². The Morgan fingerprint density at radius 1 is 1.14 bits per heavy atom. The highest BCUT2D eigenvalue weighted by Crippen LogP contribution is 2.18. The number of benzene rings is 2. The van der Waals surface area contributed by atoms with Crippen LogP contribution in [-0.4, -0.2) is 34.0 Å². The average Bonchev–Trinajstić information content (AvgIpc) is 3.27. The van der Waals surface area contributed by atoms with Gasteiger partial charge < -0.3 is 9.30 Å². The van der Waals surface area contributed by atoms with Crippen molar-refractivity contribution in [2.45, 2.75) is 13.5 Å². The smallest absolute Gasteiger partial charge is 0.283 e. The van der Waals surface area contributed by atoms with Crippen molar-refractivity contribution >= 4 is 27.5 Å². The molecule has 2 aromatic heterocycles. The largest absolute Gasteiger partial charge is 0.383 e. The molecular formula is C21H20N4O2S. The fraction of sp³-hybridized carbons (Fsp3) is 0.190.